The van der Waals surface area contributed by atoms with Crippen LogP contribution in [-0.2, 0) is 21.3 Å². The van der Waals surface area contributed by atoms with Gasteiger partial charge in [0.25, 0.3) is 5.91 Å². The van der Waals surface area contributed by atoms with Crippen LogP contribution in [-0.4, -0.2) is 50.5 Å². The molecule has 1 aromatic heterocycles. The number of carbonyl (C=O) groups is 1. The van der Waals surface area contributed by atoms with Gasteiger partial charge in [-0.3, -0.25) is 4.79 Å². The highest BCUT2D eigenvalue weighted by Gasteiger charge is 2.20. The van der Waals surface area contributed by atoms with Crippen molar-refractivity contribution in [2.24, 2.45) is 4.99 Å². The van der Waals surface area contributed by atoms with E-state index in [9.17, 15) is 13.2 Å². The van der Waals surface area contributed by atoms with Crippen LogP contribution in [0, 0.1) is 0 Å². The summed E-state index contributed by atoms with van der Waals surface area (Å²) in [6.45, 7) is 3.46. The maximum atomic E-state index is 12.8. The van der Waals surface area contributed by atoms with E-state index >= 15 is 0 Å². The molecule has 0 N–H and O–H groups in total. The van der Waals surface area contributed by atoms with Crippen LogP contribution in [0.2, 0.25) is 5.02 Å². The molecule has 0 saturated carbocycles. The van der Waals surface area contributed by atoms with Crippen molar-refractivity contribution in [3.05, 3.63) is 57.9 Å². The minimum absolute atomic E-state index is 0.152. The van der Waals surface area contributed by atoms with Crippen molar-refractivity contribution in [1.82, 2.24) is 8.87 Å². The number of unbranched alkanes of at least 4 members (excludes halogenated alkanes) is 1. The number of amides is 1. The first-order chi connectivity index (χ1) is 15.3. The van der Waals surface area contributed by atoms with E-state index in [4.69, 9.17) is 16.3 Å². The molecule has 2 aromatic carbocycles. The number of carbonyl (C=O) groups excluding carboxylic acids is 1. The number of aromatic nitrogens is 1. The number of halogens is 1. The average Bonchev–Trinajstić information content (AvgIpc) is 3.11. The molecule has 1 amide bonds. The van der Waals surface area contributed by atoms with Crippen LogP contribution in [0.25, 0.3) is 10.2 Å². The Morgan fingerprint density at radius 1 is 1.22 bits per heavy atom. The zero-order valence-corrected chi connectivity index (χ0v) is 20.6. The van der Waals surface area contributed by atoms with Gasteiger partial charge in [0.15, 0.2) is 4.80 Å². The number of rotatable bonds is 9. The number of nitrogens with zero attached hydrogens (tertiary/aromatic N) is 3. The highest BCUT2D eigenvalue weighted by atomic mass is 35.5. The number of methoxy groups -OCH3 is 1. The summed E-state index contributed by atoms with van der Waals surface area (Å²) >= 11 is 7.47. The van der Waals surface area contributed by atoms with Gasteiger partial charge in [-0.1, -0.05) is 36.3 Å². The molecule has 0 radical (unpaired) electrons. The van der Waals surface area contributed by atoms with Gasteiger partial charge in [0, 0.05) is 37.8 Å². The maximum Gasteiger partial charge on any atom is 0.279 e. The van der Waals surface area contributed by atoms with Crippen molar-refractivity contribution >= 4 is 49.1 Å². The summed E-state index contributed by atoms with van der Waals surface area (Å²) < 4.78 is 34.7. The Hall–Kier alpha value is -2.04. The molecule has 1 heterocycles. The quantitative estimate of drug-likeness (QED) is 0.446. The predicted molar refractivity (Wildman–Crippen MR) is 128 cm³/mol. The van der Waals surface area contributed by atoms with Crippen molar-refractivity contribution < 1.29 is 17.9 Å². The van der Waals surface area contributed by atoms with Gasteiger partial charge >= 0.3 is 0 Å². The first kappa shape index (κ1) is 24.6. The first-order valence-electron chi connectivity index (χ1n) is 10.2. The summed E-state index contributed by atoms with van der Waals surface area (Å²) in [6.07, 6.45) is 1.69. The Labute approximate surface area is 197 Å². The Kier molecular flexibility index (Phi) is 8.24. The molecule has 0 atom stereocenters. The van der Waals surface area contributed by atoms with Crippen LogP contribution in [0.1, 0.15) is 30.1 Å². The normalized spacial score (nSPS) is 12.7. The molecular weight excluding hydrogens is 470 g/mol. The molecule has 0 aliphatic rings. The van der Waals surface area contributed by atoms with Crippen molar-refractivity contribution in [1.29, 1.82) is 0 Å². The number of ether oxygens (including phenoxy) is 1. The van der Waals surface area contributed by atoms with Crippen LogP contribution in [0.15, 0.2) is 52.4 Å². The molecule has 3 rings (SSSR count). The van der Waals surface area contributed by atoms with Gasteiger partial charge in [0.1, 0.15) is 0 Å². The SMILES string of the molecule is CCCCN(C)S(=O)(=O)c1ccc(C(=O)N=c2sc3cc(Cl)ccc3n2CCOC)cc1. The zero-order chi connectivity index (χ0) is 23.3. The summed E-state index contributed by atoms with van der Waals surface area (Å²) in [5, 5.41) is 0.608. The fraction of sp³-hybridized carbons (Fsp3) is 0.364. The molecule has 32 heavy (non-hydrogen) atoms. The van der Waals surface area contributed by atoms with Gasteiger partial charge in [-0.25, -0.2) is 12.7 Å². The number of thiazole rings is 1. The number of hydrogen-bond acceptors (Lipinski definition) is 5. The van der Waals surface area contributed by atoms with E-state index in [-0.39, 0.29) is 4.90 Å². The molecule has 3 aromatic rings. The summed E-state index contributed by atoms with van der Waals surface area (Å²) in [5.41, 5.74) is 1.23. The Balaban J connectivity index is 1.92. The van der Waals surface area contributed by atoms with E-state index in [2.05, 4.69) is 4.99 Å². The standard InChI is InChI=1S/C22H26ClN3O4S2/c1-4-5-12-25(2)32(28,29)18-9-6-16(7-10-18)21(27)24-22-26(13-14-30-3)19-11-8-17(23)15-20(19)31-22/h6-11,15H,4-5,12-14H2,1-3H3. The largest absolute Gasteiger partial charge is 0.383 e. The van der Waals surface area contributed by atoms with Gasteiger partial charge < -0.3 is 9.30 Å². The second-order valence-corrected chi connectivity index (χ2v) is 10.8. The monoisotopic (exact) mass is 495 g/mol. The fourth-order valence-electron chi connectivity index (χ4n) is 3.13. The molecule has 0 fully saturated rings. The number of benzene rings is 2. The number of sulfonamides is 1. The third-order valence-electron chi connectivity index (χ3n) is 5.00. The van der Waals surface area contributed by atoms with Crippen LogP contribution in [0.5, 0.6) is 0 Å². The van der Waals surface area contributed by atoms with E-state index < -0.39 is 15.9 Å². The lowest BCUT2D eigenvalue weighted by Crippen LogP contribution is -2.27. The van der Waals surface area contributed by atoms with Crippen molar-refractivity contribution in [2.75, 3.05) is 27.3 Å². The molecule has 10 heteroatoms. The minimum Gasteiger partial charge on any atom is -0.383 e. The molecule has 7 nitrogen and oxygen atoms in total. The van der Waals surface area contributed by atoms with E-state index in [1.807, 2.05) is 23.6 Å². The van der Waals surface area contributed by atoms with Crippen molar-refractivity contribution in [3.63, 3.8) is 0 Å². The molecule has 172 valence electrons. The van der Waals surface area contributed by atoms with E-state index in [0.29, 0.717) is 35.1 Å². The lowest BCUT2D eigenvalue weighted by atomic mass is 10.2. The van der Waals surface area contributed by atoms with Crippen LogP contribution in [0.3, 0.4) is 0 Å². The van der Waals surface area contributed by atoms with Crippen molar-refractivity contribution in [3.8, 4) is 0 Å². The third-order valence-corrected chi connectivity index (χ3v) is 8.14. The van der Waals surface area contributed by atoms with Gasteiger partial charge in [-0.2, -0.15) is 4.99 Å². The molecule has 0 aliphatic heterocycles. The summed E-state index contributed by atoms with van der Waals surface area (Å²) in [7, 11) is -0.412. The topological polar surface area (TPSA) is 81.0 Å². The zero-order valence-electron chi connectivity index (χ0n) is 18.2. The third kappa shape index (κ3) is 5.47. The van der Waals surface area contributed by atoms with E-state index in [0.717, 1.165) is 23.1 Å². The molecule has 0 aliphatic carbocycles. The Bertz CT molecular complexity index is 1260. The van der Waals surface area contributed by atoms with Crippen molar-refractivity contribution in [2.45, 2.75) is 31.2 Å². The molecular formula is C22H26ClN3O4S2. The Morgan fingerprint density at radius 2 is 1.94 bits per heavy atom. The lowest BCUT2D eigenvalue weighted by molar-refractivity contribution is 0.0997. The highest BCUT2D eigenvalue weighted by Crippen LogP contribution is 2.22. The van der Waals surface area contributed by atoms with E-state index in [1.54, 1.807) is 20.2 Å². The molecule has 0 bridgehead atoms. The minimum atomic E-state index is -3.59. The predicted octanol–water partition coefficient (Wildman–Crippen LogP) is 4.16. The van der Waals surface area contributed by atoms with Crippen LogP contribution < -0.4 is 4.80 Å². The smallest absolute Gasteiger partial charge is 0.279 e. The number of hydrogen-bond donors (Lipinski definition) is 0. The molecule has 0 spiro atoms. The maximum absolute atomic E-state index is 12.8. The summed E-state index contributed by atoms with van der Waals surface area (Å²) in [6, 6.07) is 11.4. The number of fused-ring (bicyclic) bond motifs is 1. The second kappa shape index (κ2) is 10.7. The second-order valence-electron chi connectivity index (χ2n) is 7.26. The summed E-state index contributed by atoms with van der Waals surface area (Å²) in [4.78, 5) is 17.8. The lowest BCUT2D eigenvalue weighted by Gasteiger charge is -2.16. The van der Waals surface area contributed by atoms with Gasteiger partial charge in [0.2, 0.25) is 10.0 Å². The van der Waals surface area contributed by atoms with E-state index in [1.165, 1.54) is 39.9 Å². The van der Waals surface area contributed by atoms with Gasteiger partial charge in [-0.05, 0) is 48.9 Å². The van der Waals surface area contributed by atoms with Gasteiger partial charge in [0.05, 0.1) is 21.7 Å². The van der Waals surface area contributed by atoms with Crippen LogP contribution in [0.4, 0.5) is 0 Å². The highest BCUT2D eigenvalue weighted by molar-refractivity contribution is 7.89. The molecule has 0 saturated heterocycles. The first-order valence-corrected chi connectivity index (χ1v) is 12.8. The van der Waals surface area contributed by atoms with Gasteiger partial charge in [-0.15, -0.1) is 0 Å². The van der Waals surface area contributed by atoms with Crippen LogP contribution >= 0.6 is 22.9 Å². The fourth-order valence-corrected chi connectivity index (χ4v) is 5.67. The molecule has 0 unspecified atom stereocenters. The summed E-state index contributed by atoms with van der Waals surface area (Å²) in [5.74, 6) is -0.447. The average molecular weight is 496 g/mol. The Morgan fingerprint density at radius 3 is 2.59 bits per heavy atom.